The molecule has 1 atom stereocenters. The largest absolute Gasteiger partial charge is 0.481 e. The summed E-state index contributed by atoms with van der Waals surface area (Å²) in [7, 11) is 1.65. The number of ether oxygens (including phenoxy) is 2. The van der Waals surface area contributed by atoms with Gasteiger partial charge in [-0.15, -0.1) is 0 Å². The first-order valence-electron chi connectivity index (χ1n) is 10.7. The highest BCUT2D eigenvalue weighted by Crippen LogP contribution is 2.38. The minimum atomic E-state index is -0.0710. The van der Waals surface area contributed by atoms with E-state index in [2.05, 4.69) is 56.1 Å². The zero-order valence-corrected chi connectivity index (χ0v) is 19.5. The highest BCUT2D eigenvalue weighted by Gasteiger charge is 2.32. The monoisotopic (exact) mass is 482 g/mol. The van der Waals surface area contributed by atoms with E-state index in [9.17, 15) is 4.79 Å². The van der Waals surface area contributed by atoms with E-state index in [1.54, 1.807) is 7.11 Å². The second-order valence-electron chi connectivity index (χ2n) is 7.79. The smallest absolute Gasteiger partial charge is 0.309 e. The van der Waals surface area contributed by atoms with Crippen molar-refractivity contribution in [2.75, 3.05) is 26.8 Å². The molecule has 0 bridgehead atoms. The van der Waals surface area contributed by atoms with Gasteiger partial charge in [-0.25, -0.2) is 4.98 Å². The fourth-order valence-electron chi connectivity index (χ4n) is 4.41. The van der Waals surface area contributed by atoms with Crippen molar-refractivity contribution >= 4 is 32.8 Å². The molecule has 0 N–H and O–H groups in total. The number of piperidine rings is 1. The van der Waals surface area contributed by atoms with Gasteiger partial charge in [0.2, 0.25) is 5.88 Å². The number of hydrogen-bond donors (Lipinski definition) is 0. The molecule has 1 saturated heterocycles. The minimum Gasteiger partial charge on any atom is -0.481 e. The van der Waals surface area contributed by atoms with Gasteiger partial charge < -0.3 is 9.47 Å². The molecule has 2 aromatic carbocycles. The van der Waals surface area contributed by atoms with Crippen molar-refractivity contribution in [1.82, 2.24) is 9.88 Å². The van der Waals surface area contributed by atoms with E-state index in [1.165, 1.54) is 5.56 Å². The molecule has 1 unspecified atom stereocenters. The van der Waals surface area contributed by atoms with E-state index in [1.807, 2.05) is 31.2 Å². The number of hydrogen-bond acceptors (Lipinski definition) is 5. The van der Waals surface area contributed by atoms with Gasteiger partial charge in [0, 0.05) is 15.9 Å². The maximum atomic E-state index is 12.2. The van der Waals surface area contributed by atoms with Crippen molar-refractivity contribution in [2.24, 2.45) is 5.92 Å². The predicted octanol–water partition coefficient (Wildman–Crippen LogP) is 5.37. The van der Waals surface area contributed by atoms with Crippen molar-refractivity contribution in [3.05, 3.63) is 70.2 Å². The van der Waals surface area contributed by atoms with Crippen molar-refractivity contribution < 1.29 is 14.3 Å². The highest BCUT2D eigenvalue weighted by molar-refractivity contribution is 9.10. The summed E-state index contributed by atoms with van der Waals surface area (Å²) in [4.78, 5) is 19.3. The average Bonchev–Trinajstić information content (AvgIpc) is 2.80. The molecule has 1 aliphatic rings. The molecule has 2 heterocycles. The van der Waals surface area contributed by atoms with Crippen LogP contribution in [-0.4, -0.2) is 42.7 Å². The first kappa shape index (κ1) is 21.8. The number of esters is 1. The Morgan fingerprint density at radius 3 is 2.58 bits per heavy atom. The zero-order valence-electron chi connectivity index (χ0n) is 17.9. The zero-order chi connectivity index (χ0) is 21.8. The van der Waals surface area contributed by atoms with Crippen LogP contribution in [0.1, 0.15) is 36.9 Å². The molecule has 1 aromatic heterocycles. The molecule has 5 nitrogen and oxygen atoms in total. The average molecular weight is 483 g/mol. The summed E-state index contributed by atoms with van der Waals surface area (Å²) >= 11 is 3.62. The highest BCUT2D eigenvalue weighted by atomic mass is 79.9. The molecule has 6 heteroatoms. The second-order valence-corrected chi connectivity index (χ2v) is 8.71. The third-order valence-electron chi connectivity index (χ3n) is 5.91. The standard InChI is InChI=1S/C25H27BrN2O3/c1-3-31-25(29)18-11-13-28(14-12-18)24(17-7-5-4-6-8-17)21-16-23(30-2)27-22-10-9-19(26)15-20(21)22/h4-10,15-16,18,24H,3,11-14H2,1-2H3. The first-order chi connectivity index (χ1) is 15.1. The molecule has 0 spiro atoms. The first-order valence-corrected chi connectivity index (χ1v) is 11.5. The number of rotatable bonds is 6. The van der Waals surface area contributed by atoms with Gasteiger partial charge in [-0.1, -0.05) is 46.3 Å². The Balaban J connectivity index is 1.76. The number of carbonyl (C=O) groups excluding carboxylic acids is 1. The summed E-state index contributed by atoms with van der Waals surface area (Å²) < 4.78 is 11.8. The van der Waals surface area contributed by atoms with Crippen LogP contribution in [0.25, 0.3) is 10.9 Å². The fourth-order valence-corrected chi connectivity index (χ4v) is 4.77. The van der Waals surface area contributed by atoms with Crippen LogP contribution in [-0.2, 0) is 9.53 Å². The number of fused-ring (bicyclic) bond motifs is 1. The summed E-state index contributed by atoms with van der Waals surface area (Å²) in [6.45, 7) is 3.94. The van der Waals surface area contributed by atoms with Crippen LogP contribution in [0.4, 0.5) is 0 Å². The lowest BCUT2D eigenvalue weighted by atomic mass is 9.90. The fraction of sp³-hybridized carbons (Fsp3) is 0.360. The molecule has 0 radical (unpaired) electrons. The molecular weight excluding hydrogens is 456 g/mol. The van der Waals surface area contributed by atoms with Gasteiger partial charge in [-0.3, -0.25) is 9.69 Å². The normalized spacial score (nSPS) is 16.2. The van der Waals surface area contributed by atoms with E-state index in [0.717, 1.165) is 46.9 Å². The maximum Gasteiger partial charge on any atom is 0.309 e. The number of likely N-dealkylation sites (tertiary alicyclic amines) is 1. The third kappa shape index (κ3) is 4.75. The third-order valence-corrected chi connectivity index (χ3v) is 6.41. The number of aromatic nitrogens is 1. The maximum absolute atomic E-state index is 12.2. The van der Waals surface area contributed by atoms with Crippen molar-refractivity contribution in [3.8, 4) is 5.88 Å². The Bertz CT molecular complexity index is 1050. The van der Waals surface area contributed by atoms with Gasteiger partial charge in [-0.05, 0) is 62.2 Å². The molecule has 0 saturated carbocycles. The Morgan fingerprint density at radius 2 is 1.90 bits per heavy atom. The molecule has 1 aliphatic heterocycles. The molecule has 4 rings (SSSR count). The number of nitrogens with zero attached hydrogens (tertiary/aromatic N) is 2. The molecule has 0 aliphatic carbocycles. The molecule has 3 aromatic rings. The van der Waals surface area contributed by atoms with Crippen LogP contribution in [0.5, 0.6) is 5.88 Å². The summed E-state index contributed by atoms with van der Waals surface area (Å²) in [5.41, 5.74) is 3.27. The van der Waals surface area contributed by atoms with Crippen molar-refractivity contribution in [1.29, 1.82) is 0 Å². The number of halogens is 1. The van der Waals surface area contributed by atoms with E-state index < -0.39 is 0 Å². The lowest BCUT2D eigenvalue weighted by Gasteiger charge is -2.38. The molecule has 0 amide bonds. The van der Waals surface area contributed by atoms with Gasteiger partial charge in [-0.2, -0.15) is 0 Å². The Labute approximate surface area is 191 Å². The van der Waals surface area contributed by atoms with Crippen molar-refractivity contribution in [2.45, 2.75) is 25.8 Å². The quantitative estimate of drug-likeness (QED) is 0.442. The minimum absolute atomic E-state index is 0.0227. The van der Waals surface area contributed by atoms with Gasteiger partial charge >= 0.3 is 5.97 Å². The van der Waals surface area contributed by atoms with Crippen LogP contribution in [0.15, 0.2) is 59.1 Å². The van der Waals surface area contributed by atoms with Gasteiger partial charge in [0.05, 0.1) is 31.2 Å². The topological polar surface area (TPSA) is 51.7 Å². The van der Waals surface area contributed by atoms with Gasteiger partial charge in [0.25, 0.3) is 0 Å². The number of methoxy groups -OCH3 is 1. The Morgan fingerprint density at radius 1 is 1.16 bits per heavy atom. The number of pyridine rings is 1. The number of benzene rings is 2. The lowest BCUT2D eigenvalue weighted by Crippen LogP contribution is -2.39. The molecular formula is C25H27BrN2O3. The van der Waals surface area contributed by atoms with Crippen molar-refractivity contribution in [3.63, 3.8) is 0 Å². The number of carbonyl (C=O) groups is 1. The van der Waals surface area contributed by atoms with Crippen LogP contribution in [0.2, 0.25) is 0 Å². The Hall–Kier alpha value is -2.44. The lowest BCUT2D eigenvalue weighted by molar-refractivity contribution is -0.149. The summed E-state index contributed by atoms with van der Waals surface area (Å²) in [5, 5.41) is 1.09. The summed E-state index contributed by atoms with van der Waals surface area (Å²) in [6, 6.07) is 18.7. The van der Waals surface area contributed by atoms with E-state index in [0.29, 0.717) is 12.5 Å². The second kappa shape index (κ2) is 9.79. The van der Waals surface area contributed by atoms with Crippen LogP contribution in [0.3, 0.4) is 0 Å². The van der Waals surface area contributed by atoms with Crippen LogP contribution in [0, 0.1) is 5.92 Å². The van der Waals surface area contributed by atoms with E-state index >= 15 is 0 Å². The van der Waals surface area contributed by atoms with E-state index in [-0.39, 0.29) is 17.9 Å². The summed E-state index contributed by atoms with van der Waals surface area (Å²) in [5.74, 6) is 0.510. The predicted molar refractivity (Wildman–Crippen MR) is 125 cm³/mol. The summed E-state index contributed by atoms with van der Waals surface area (Å²) in [6.07, 6.45) is 1.60. The molecule has 162 valence electrons. The van der Waals surface area contributed by atoms with Gasteiger partial charge in [0.15, 0.2) is 0 Å². The molecule has 1 fully saturated rings. The molecule has 31 heavy (non-hydrogen) atoms. The van der Waals surface area contributed by atoms with Crippen LogP contribution < -0.4 is 4.74 Å². The Kier molecular flexibility index (Phi) is 6.88. The van der Waals surface area contributed by atoms with E-state index in [4.69, 9.17) is 9.47 Å². The van der Waals surface area contributed by atoms with Crippen LogP contribution >= 0.6 is 15.9 Å². The van der Waals surface area contributed by atoms with Gasteiger partial charge in [0.1, 0.15) is 0 Å². The SMILES string of the molecule is CCOC(=O)C1CCN(C(c2ccccc2)c2cc(OC)nc3ccc(Br)cc23)CC1.